The Morgan fingerprint density at radius 3 is 2.67 bits per heavy atom. The SMILES string of the molecule is COCCN(C)C(C(=O)O)c1ccc(OC)nc1. The van der Waals surface area contributed by atoms with Crippen molar-refractivity contribution in [3.05, 3.63) is 23.9 Å². The second-order valence-electron chi connectivity index (χ2n) is 3.85. The van der Waals surface area contributed by atoms with Crippen LogP contribution in [0.2, 0.25) is 0 Å². The molecule has 0 aliphatic rings. The molecule has 0 saturated heterocycles. The smallest absolute Gasteiger partial charge is 0.325 e. The molecule has 0 fully saturated rings. The predicted molar refractivity (Wildman–Crippen MR) is 65.7 cm³/mol. The lowest BCUT2D eigenvalue weighted by Crippen LogP contribution is -2.33. The van der Waals surface area contributed by atoms with Gasteiger partial charge in [-0.2, -0.15) is 0 Å². The molecule has 1 rings (SSSR count). The van der Waals surface area contributed by atoms with Crippen LogP contribution in [0.15, 0.2) is 18.3 Å². The number of aliphatic carboxylic acids is 1. The Balaban J connectivity index is 2.86. The van der Waals surface area contributed by atoms with Crippen LogP contribution < -0.4 is 4.74 Å². The lowest BCUT2D eigenvalue weighted by atomic mass is 10.1. The zero-order valence-electron chi connectivity index (χ0n) is 10.8. The lowest BCUT2D eigenvalue weighted by Gasteiger charge is -2.24. The van der Waals surface area contributed by atoms with E-state index in [1.165, 1.54) is 13.3 Å². The van der Waals surface area contributed by atoms with Crippen LogP contribution in [0.3, 0.4) is 0 Å². The van der Waals surface area contributed by atoms with Crippen molar-refractivity contribution in [2.75, 3.05) is 34.4 Å². The van der Waals surface area contributed by atoms with Gasteiger partial charge in [-0.25, -0.2) is 4.98 Å². The van der Waals surface area contributed by atoms with Gasteiger partial charge in [0.25, 0.3) is 0 Å². The van der Waals surface area contributed by atoms with Gasteiger partial charge >= 0.3 is 5.97 Å². The Hall–Kier alpha value is -1.66. The highest BCUT2D eigenvalue weighted by Gasteiger charge is 2.24. The van der Waals surface area contributed by atoms with Crippen molar-refractivity contribution in [3.63, 3.8) is 0 Å². The van der Waals surface area contributed by atoms with Crippen molar-refractivity contribution in [2.24, 2.45) is 0 Å². The maximum absolute atomic E-state index is 11.3. The number of pyridine rings is 1. The Labute approximate surface area is 106 Å². The Morgan fingerprint density at radius 1 is 1.50 bits per heavy atom. The van der Waals surface area contributed by atoms with Crippen molar-refractivity contribution < 1.29 is 19.4 Å². The number of hydrogen-bond donors (Lipinski definition) is 1. The Kier molecular flexibility index (Phi) is 5.54. The van der Waals surface area contributed by atoms with E-state index >= 15 is 0 Å². The summed E-state index contributed by atoms with van der Waals surface area (Å²) in [5, 5.41) is 9.28. The number of hydrogen-bond acceptors (Lipinski definition) is 5. The van der Waals surface area contributed by atoms with Gasteiger partial charge in [0.15, 0.2) is 0 Å². The quantitative estimate of drug-likeness (QED) is 0.775. The molecule has 0 aliphatic carbocycles. The molecule has 6 nitrogen and oxygen atoms in total. The van der Waals surface area contributed by atoms with Crippen LogP contribution in [0.25, 0.3) is 0 Å². The number of carboxylic acid groups (broad SMARTS) is 1. The fourth-order valence-corrected chi connectivity index (χ4v) is 1.62. The van der Waals surface area contributed by atoms with Gasteiger partial charge in [-0.1, -0.05) is 0 Å². The molecule has 1 heterocycles. The first-order chi connectivity index (χ1) is 8.60. The molecule has 1 N–H and O–H groups in total. The molecule has 0 saturated carbocycles. The highest BCUT2D eigenvalue weighted by atomic mass is 16.5. The first kappa shape index (κ1) is 14.4. The number of likely N-dealkylation sites (N-methyl/N-ethyl adjacent to an activating group) is 1. The summed E-state index contributed by atoms with van der Waals surface area (Å²) >= 11 is 0. The van der Waals surface area contributed by atoms with Gasteiger partial charge in [0, 0.05) is 25.9 Å². The van der Waals surface area contributed by atoms with E-state index in [0.717, 1.165) is 0 Å². The van der Waals surface area contributed by atoms with Gasteiger partial charge in [0.2, 0.25) is 5.88 Å². The third kappa shape index (κ3) is 3.68. The third-order valence-electron chi connectivity index (χ3n) is 2.61. The van der Waals surface area contributed by atoms with Crippen molar-refractivity contribution >= 4 is 5.97 Å². The average Bonchev–Trinajstić information content (AvgIpc) is 2.37. The van der Waals surface area contributed by atoms with E-state index in [-0.39, 0.29) is 0 Å². The average molecular weight is 254 g/mol. The second kappa shape index (κ2) is 6.93. The molecule has 18 heavy (non-hydrogen) atoms. The van der Waals surface area contributed by atoms with E-state index in [9.17, 15) is 9.90 Å². The summed E-state index contributed by atoms with van der Waals surface area (Å²) in [6.45, 7) is 1.00. The molecule has 1 aromatic heterocycles. The van der Waals surface area contributed by atoms with Gasteiger partial charge in [-0.15, -0.1) is 0 Å². The van der Waals surface area contributed by atoms with Crippen LogP contribution in [0.1, 0.15) is 11.6 Å². The first-order valence-corrected chi connectivity index (χ1v) is 5.52. The van der Waals surface area contributed by atoms with E-state index in [1.807, 2.05) is 0 Å². The molecular weight excluding hydrogens is 236 g/mol. The zero-order valence-corrected chi connectivity index (χ0v) is 10.8. The third-order valence-corrected chi connectivity index (χ3v) is 2.61. The molecule has 0 amide bonds. The fraction of sp³-hybridized carbons (Fsp3) is 0.500. The monoisotopic (exact) mass is 254 g/mol. The minimum Gasteiger partial charge on any atom is -0.481 e. The summed E-state index contributed by atoms with van der Waals surface area (Å²) < 4.78 is 9.89. The van der Waals surface area contributed by atoms with Crippen molar-refractivity contribution in [3.8, 4) is 5.88 Å². The second-order valence-corrected chi connectivity index (χ2v) is 3.85. The number of ether oxygens (including phenoxy) is 2. The molecule has 0 spiro atoms. The van der Waals surface area contributed by atoms with Gasteiger partial charge in [-0.05, 0) is 18.7 Å². The van der Waals surface area contributed by atoms with Gasteiger partial charge in [-0.3, -0.25) is 9.69 Å². The minimum absolute atomic E-state index is 0.461. The standard InChI is InChI=1S/C12H18N2O4/c1-14(6-7-17-2)11(12(15)16)9-4-5-10(18-3)13-8-9/h4-5,8,11H,6-7H2,1-3H3,(H,15,16). The lowest BCUT2D eigenvalue weighted by molar-refractivity contribution is -0.143. The number of carboxylic acids is 1. The van der Waals surface area contributed by atoms with Crippen molar-refractivity contribution in [1.82, 2.24) is 9.88 Å². The number of aromatic nitrogens is 1. The van der Waals surface area contributed by atoms with E-state index in [2.05, 4.69) is 4.98 Å². The highest BCUT2D eigenvalue weighted by molar-refractivity contribution is 5.75. The van der Waals surface area contributed by atoms with Crippen LogP contribution in [0.5, 0.6) is 5.88 Å². The van der Waals surface area contributed by atoms with Crippen molar-refractivity contribution in [1.29, 1.82) is 0 Å². The van der Waals surface area contributed by atoms with Crippen LogP contribution in [0, 0.1) is 0 Å². The van der Waals surface area contributed by atoms with E-state index < -0.39 is 12.0 Å². The predicted octanol–water partition coefficient (Wildman–Crippen LogP) is 0.794. The van der Waals surface area contributed by atoms with E-state index in [0.29, 0.717) is 24.6 Å². The number of nitrogens with zero attached hydrogens (tertiary/aromatic N) is 2. The molecule has 0 aliphatic heterocycles. The summed E-state index contributed by atoms with van der Waals surface area (Å²) in [6.07, 6.45) is 1.51. The van der Waals surface area contributed by atoms with Gasteiger partial charge in [0.1, 0.15) is 6.04 Å². The summed E-state index contributed by atoms with van der Waals surface area (Å²) in [5.41, 5.74) is 0.613. The topological polar surface area (TPSA) is 71.9 Å². The Bertz CT molecular complexity index is 380. The van der Waals surface area contributed by atoms with E-state index in [1.54, 1.807) is 31.2 Å². The molecule has 1 unspecified atom stereocenters. The largest absolute Gasteiger partial charge is 0.481 e. The fourth-order valence-electron chi connectivity index (χ4n) is 1.62. The maximum Gasteiger partial charge on any atom is 0.325 e. The van der Waals surface area contributed by atoms with Crippen molar-refractivity contribution in [2.45, 2.75) is 6.04 Å². The van der Waals surface area contributed by atoms with Crippen LogP contribution in [-0.4, -0.2) is 55.4 Å². The summed E-state index contributed by atoms with van der Waals surface area (Å²) in [4.78, 5) is 17.0. The van der Waals surface area contributed by atoms with E-state index in [4.69, 9.17) is 9.47 Å². The van der Waals surface area contributed by atoms with Gasteiger partial charge < -0.3 is 14.6 Å². The summed E-state index contributed by atoms with van der Waals surface area (Å²) in [7, 11) is 4.84. The molecule has 0 aromatic carbocycles. The molecule has 0 bridgehead atoms. The normalized spacial score (nSPS) is 12.4. The highest BCUT2D eigenvalue weighted by Crippen LogP contribution is 2.20. The zero-order chi connectivity index (χ0) is 13.5. The van der Waals surface area contributed by atoms with Crippen LogP contribution >= 0.6 is 0 Å². The maximum atomic E-state index is 11.3. The summed E-state index contributed by atoms with van der Waals surface area (Å²) in [5.74, 6) is -0.456. The summed E-state index contributed by atoms with van der Waals surface area (Å²) in [6, 6.07) is 2.61. The van der Waals surface area contributed by atoms with Crippen LogP contribution in [0.4, 0.5) is 0 Å². The molecule has 100 valence electrons. The number of carbonyl (C=O) groups is 1. The molecule has 1 aromatic rings. The molecule has 6 heteroatoms. The molecular formula is C12H18N2O4. The number of rotatable bonds is 7. The minimum atomic E-state index is -0.916. The van der Waals surface area contributed by atoms with Gasteiger partial charge in [0.05, 0.1) is 13.7 Å². The molecule has 1 atom stereocenters. The molecule has 0 radical (unpaired) electrons. The van der Waals surface area contributed by atoms with Crippen LogP contribution in [-0.2, 0) is 9.53 Å². The first-order valence-electron chi connectivity index (χ1n) is 5.52. The Morgan fingerprint density at radius 2 is 2.22 bits per heavy atom. The number of methoxy groups -OCH3 is 2.